The van der Waals surface area contributed by atoms with E-state index in [-0.39, 0.29) is 11.8 Å². The average molecular weight is 291 g/mol. The molecule has 1 aromatic carbocycles. The van der Waals surface area contributed by atoms with Crippen LogP contribution in [0.4, 0.5) is 10.5 Å². The number of benzene rings is 1. The second-order valence-corrected chi connectivity index (χ2v) is 5.64. The van der Waals surface area contributed by atoms with E-state index in [1.54, 1.807) is 0 Å². The van der Waals surface area contributed by atoms with Crippen molar-refractivity contribution in [1.82, 2.24) is 5.32 Å². The van der Waals surface area contributed by atoms with Gasteiger partial charge in [0.2, 0.25) is 5.91 Å². The highest BCUT2D eigenvalue weighted by molar-refractivity contribution is 5.97. The van der Waals surface area contributed by atoms with Gasteiger partial charge in [0, 0.05) is 5.69 Å². The second-order valence-electron chi connectivity index (χ2n) is 5.64. The number of carbonyl (C=O) groups is 2. The molecular weight excluding hydrogens is 266 g/mol. The summed E-state index contributed by atoms with van der Waals surface area (Å²) in [5.41, 5.74) is 7.06. The van der Waals surface area contributed by atoms with Crippen molar-refractivity contribution in [2.24, 2.45) is 11.7 Å². The number of anilines is 1. The van der Waals surface area contributed by atoms with Gasteiger partial charge < -0.3 is 16.4 Å². The van der Waals surface area contributed by atoms with Gasteiger partial charge in [0.1, 0.15) is 6.04 Å². The molecule has 0 aliphatic heterocycles. The highest BCUT2D eigenvalue weighted by Gasteiger charge is 2.25. The first-order valence-corrected chi connectivity index (χ1v) is 7.32. The predicted molar refractivity (Wildman–Crippen MR) is 85.1 cm³/mol. The van der Waals surface area contributed by atoms with Crippen LogP contribution in [0.15, 0.2) is 24.3 Å². The van der Waals surface area contributed by atoms with Crippen LogP contribution in [0.25, 0.3) is 0 Å². The van der Waals surface area contributed by atoms with Crippen LogP contribution in [0.2, 0.25) is 0 Å². The Bertz CT molecular complexity index is 483. The van der Waals surface area contributed by atoms with Crippen molar-refractivity contribution in [1.29, 1.82) is 0 Å². The number of nitrogens with one attached hydrogen (secondary N) is 2. The zero-order valence-corrected chi connectivity index (χ0v) is 13.1. The number of amides is 3. The maximum atomic E-state index is 12.3. The van der Waals surface area contributed by atoms with E-state index >= 15 is 0 Å². The Hall–Kier alpha value is -2.04. The lowest BCUT2D eigenvalue weighted by atomic mass is 9.98. The minimum atomic E-state index is -0.689. The normalized spacial score (nSPS) is 13.6. The lowest BCUT2D eigenvalue weighted by Gasteiger charge is -2.22. The van der Waals surface area contributed by atoms with Crippen molar-refractivity contribution in [2.75, 3.05) is 5.32 Å². The van der Waals surface area contributed by atoms with Crippen LogP contribution in [0.3, 0.4) is 0 Å². The highest BCUT2D eigenvalue weighted by Crippen LogP contribution is 2.18. The van der Waals surface area contributed by atoms with Crippen LogP contribution < -0.4 is 16.4 Å². The van der Waals surface area contributed by atoms with Gasteiger partial charge >= 0.3 is 6.03 Å². The molecule has 2 atom stereocenters. The van der Waals surface area contributed by atoms with Gasteiger partial charge in [0.05, 0.1) is 0 Å². The number of urea groups is 1. The van der Waals surface area contributed by atoms with E-state index in [1.807, 2.05) is 38.1 Å². The summed E-state index contributed by atoms with van der Waals surface area (Å²) in [6.07, 6.45) is 0.769. The highest BCUT2D eigenvalue weighted by atomic mass is 16.2. The van der Waals surface area contributed by atoms with E-state index in [1.165, 1.54) is 5.56 Å². The van der Waals surface area contributed by atoms with Crippen molar-refractivity contribution in [3.05, 3.63) is 29.8 Å². The molecule has 0 heterocycles. The zero-order chi connectivity index (χ0) is 16.0. The molecule has 116 valence electrons. The molecule has 0 saturated carbocycles. The summed E-state index contributed by atoms with van der Waals surface area (Å²) in [4.78, 5) is 23.3. The summed E-state index contributed by atoms with van der Waals surface area (Å²) in [6.45, 7) is 8.10. The number of hydrogen-bond acceptors (Lipinski definition) is 2. The molecule has 1 aromatic rings. The van der Waals surface area contributed by atoms with E-state index in [2.05, 4.69) is 24.5 Å². The molecule has 5 nitrogen and oxygen atoms in total. The number of rotatable bonds is 6. The summed E-state index contributed by atoms with van der Waals surface area (Å²) in [5.74, 6) is 0.201. The largest absolute Gasteiger partial charge is 0.352 e. The molecule has 0 aliphatic carbocycles. The minimum absolute atomic E-state index is 0.00689. The number of hydrogen-bond donors (Lipinski definition) is 3. The van der Waals surface area contributed by atoms with Crippen molar-refractivity contribution in [2.45, 2.75) is 46.1 Å². The Labute approximate surface area is 126 Å². The average Bonchev–Trinajstić information content (AvgIpc) is 2.44. The second kappa shape index (κ2) is 7.67. The number of primary amides is 1. The fraction of sp³-hybridized carbons (Fsp3) is 0.500. The first-order chi connectivity index (χ1) is 9.85. The molecule has 0 aliphatic rings. The van der Waals surface area contributed by atoms with Crippen molar-refractivity contribution in [3.63, 3.8) is 0 Å². The molecule has 0 aromatic heterocycles. The molecular formula is C16H25N3O2. The lowest BCUT2D eigenvalue weighted by Crippen LogP contribution is -2.49. The molecule has 0 fully saturated rings. The van der Waals surface area contributed by atoms with Gasteiger partial charge in [0.15, 0.2) is 0 Å². The third-order valence-electron chi connectivity index (χ3n) is 3.64. The van der Waals surface area contributed by atoms with Crippen LogP contribution >= 0.6 is 0 Å². The van der Waals surface area contributed by atoms with E-state index in [0.717, 1.165) is 6.42 Å². The molecule has 4 N–H and O–H groups in total. The smallest absolute Gasteiger partial charge is 0.312 e. The van der Waals surface area contributed by atoms with Gasteiger partial charge in [-0.2, -0.15) is 0 Å². The van der Waals surface area contributed by atoms with Gasteiger partial charge in [-0.1, -0.05) is 46.2 Å². The number of carbonyl (C=O) groups excluding carboxylic acids is 2. The van der Waals surface area contributed by atoms with Crippen molar-refractivity contribution in [3.8, 4) is 0 Å². The quantitative estimate of drug-likeness (QED) is 0.753. The van der Waals surface area contributed by atoms with Gasteiger partial charge in [-0.25, -0.2) is 4.79 Å². The van der Waals surface area contributed by atoms with Gasteiger partial charge in [0.25, 0.3) is 0 Å². The fourth-order valence-electron chi connectivity index (χ4n) is 2.03. The van der Waals surface area contributed by atoms with Crippen LogP contribution in [0, 0.1) is 5.92 Å². The molecule has 3 amide bonds. The minimum Gasteiger partial charge on any atom is -0.352 e. The van der Waals surface area contributed by atoms with Gasteiger partial charge in [-0.05, 0) is 29.5 Å². The zero-order valence-electron chi connectivity index (χ0n) is 13.1. The molecule has 1 rings (SSSR count). The summed E-state index contributed by atoms with van der Waals surface area (Å²) < 4.78 is 0. The predicted octanol–water partition coefficient (Wildman–Crippen LogP) is 2.83. The Kier molecular flexibility index (Phi) is 6.21. The van der Waals surface area contributed by atoms with E-state index < -0.39 is 12.1 Å². The number of nitrogens with two attached hydrogens (primary N) is 1. The Morgan fingerprint density at radius 1 is 1.14 bits per heavy atom. The third kappa shape index (κ3) is 5.10. The monoisotopic (exact) mass is 291 g/mol. The molecule has 2 unspecified atom stereocenters. The SMILES string of the molecule is CCC(C)C(NC(N)=O)C(=O)Nc1ccc(C(C)C)cc1. The summed E-state index contributed by atoms with van der Waals surface area (Å²) in [7, 11) is 0. The van der Waals surface area contributed by atoms with E-state index in [0.29, 0.717) is 11.6 Å². The van der Waals surface area contributed by atoms with Crippen LogP contribution in [-0.2, 0) is 4.79 Å². The fourth-order valence-corrected chi connectivity index (χ4v) is 2.03. The maximum Gasteiger partial charge on any atom is 0.312 e. The molecule has 0 saturated heterocycles. The van der Waals surface area contributed by atoms with Crippen LogP contribution in [0.5, 0.6) is 0 Å². The van der Waals surface area contributed by atoms with Gasteiger partial charge in [-0.15, -0.1) is 0 Å². The Morgan fingerprint density at radius 3 is 2.14 bits per heavy atom. The molecule has 21 heavy (non-hydrogen) atoms. The van der Waals surface area contributed by atoms with Crippen molar-refractivity contribution >= 4 is 17.6 Å². The summed E-state index contributed by atoms with van der Waals surface area (Å²) in [5, 5.41) is 5.33. The first kappa shape index (κ1) is 17.0. The molecule has 0 bridgehead atoms. The van der Waals surface area contributed by atoms with E-state index in [9.17, 15) is 9.59 Å². The maximum absolute atomic E-state index is 12.3. The standard InChI is InChI=1S/C16H25N3O2/c1-5-11(4)14(19-16(17)21)15(20)18-13-8-6-12(7-9-13)10(2)3/h6-11,14H,5H2,1-4H3,(H,18,20)(H3,17,19,21). The van der Waals surface area contributed by atoms with Crippen LogP contribution in [-0.4, -0.2) is 18.0 Å². The first-order valence-electron chi connectivity index (χ1n) is 7.32. The van der Waals surface area contributed by atoms with E-state index in [4.69, 9.17) is 5.73 Å². The van der Waals surface area contributed by atoms with Gasteiger partial charge in [-0.3, -0.25) is 4.79 Å². The molecule has 5 heteroatoms. The topological polar surface area (TPSA) is 84.2 Å². The molecule has 0 radical (unpaired) electrons. The van der Waals surface area contributed by atoms with Crippen molar-refractivity contribution < 1.29 is 9.59 Å². The summed E-state index contributed by atoms with van der Waals surface area (Å²) >= 11 is 0. The molecule has 0 spiro atoms. The Balaban J connectivity index is 2.78. The lowest BCUT2D eigenvalue weighted by molar-refractivity contribution is -0.119. The summed E-state index contributed by atoms with van der Waals surface area (Å²) in [6, 6.07) is 6.39. The Morgan fingerprint density at radius 2 is 1.71 bits per heavy atom. The van der Waals surface area contributed by atoms with Crippen LogP contribution in [0.1, 0.15) is 45.6 Å². The third-order valence-corrected chi connectivity index (χ3v) is 3.64.